The molecule has 5 heteroatoms. The molecule has 30 heavy (non-hydrogen) atoms. The molecule has 0 saturated heterocycles. The molecule has 0 radical (unpaired) electrons. The molecule has 2 aliphatic carbocycles. The number of nitrogens with zero attached hydrogens (tertiary/aromatic N) is 2. The predicted molar refractivity (Wildman–Crippen MR) is 122 cm³/mol. The summed E-state index contributed by atoms with van der Waals surface area (Å²) in [5.74, 6) is 1.36. The Morgan fingerprint density at radius 1 is 0.967 bits per heavy atom. The van der Waals surface area contributed by atoms with Gasteiger partial charge in [-0.05, 0) is 68.0 Å². The van der Waals surface area contributed by atoms with Gasteiger partial charge in [0.2, 0.25) is 5.91 Å². The minimum Gasteiger partial charge on any atom is -0.352 e. The van der Waals surface area contributed by atoms with Crippen LogP contribution in [0, 0.1) is 5.92 Å². The zero-order chi connectivity index (χ0) is 20.5. The average molecular weight is 422 g/mol. The molecule has 2 saturated carbocycles. The van der Waals surface area contributed by atoms with Crippen molar-refractivity contribution in [3.8, 4) is 11.4 Å². The van der Waals surface area contributed by atoms with E-state index in [1.807, 2.05) is 42.5 Å². The number of imidazole rings is 1. The minimum atomic E-state index is -0.230. The van der Waals surface area contributed by atoms with Crippen LogP contribution in [0.4, 0.5) is 0 Å². The van der Waals surface area contributed by atoms with Crippen LogP contribution in [-0.2, 0) is 4.79 Å². The number of para-hydroxylation sites is 2. The number of benzene rings is 2. The van der Waals surface area contributed by atoms with Gasteiger partial charge in [0.1, 0.15) is 11.9 Å². The van der Waals surface area contributed by atoms with Crippen LogP contribution in [-0.4, -0.2) is 21.5 Å². The van der Waals surface area contributed by atoms with Gasteiger partial charge in [0.15, 0.2) is 0 Å². The molecule has 2 aromatic carbocycles. The number of amides is 1. The van der Waals surface area contributed by atoms with E-state index in [0.29, 0.717) is 17.0 Å². The summed E-state index contributed by atoms with van der Waals surface area (Å²) in [7, 11) is 0. The van der Waals surface area contributed by atoms with Crippen LogP contribution in [0.15, 0.2) is 48.5 Å². The first-order chi connectivity index (χ1) is 14.7. The lowest BCUT2D eigenvalue weighted by Crippen LogP contribution is -2.41. The summed E-state index contributed by atoms with van der Waals surface area (Å²) in [6.45, 7) is 0. The fourth-order valence-electron chi connectivity index (χ4n) is 5.30. The number of nitrogens with one attached hydrogen (secondary N) is 1. The molecule has 1 aromatic heterocycles. The minimum absolute atomic E-state index is 0.159. The fraction of sp³-hybridized carbons (Fsp3) is 0.440. The van der Waals surface area contributed by atoms with Crippen molar-refractivity contribution in [2.24, 2.45) is 5.92 Å². The second-order valence-corrected chi connectivity index (χ2v) is 9.22. The van der Waals surface area contributed by atoms with E-state index in [1.54, 1.807) is 0 Å². The van der Waals surface area contributed by atoms with Crippen molar-refractivity contribution >= 4 is 28.5 Å². The van der Waals surface area contributed by atoms with E-state index in [-0.39, 0.29) is 11.9 Å². The van der Waals surface area contributed by atoms with E-state index < -0.39 is 0 Å². The van der Waals surface area contributed by atoms with Crippen LogP contribution in [0.2, 0.25) is 5.02 Å². The maximum atomic E-state index is 13.7. The smallest absolute Gasteiger partial charge is 0.243 e. The molecular formula is C25H28ClN3O. The first kappa shape index (κ1) is 19.6. The molecule has 1 atom stereocenters. The molecular weight excluding hydrogens is 394 g/mol. The molecule has 2 aliphatic rings. The van der Waals surface area contributed by atoms with Crippen molar-refractivity contribution in [2.75, 3.05) is 0 Å². The third-order valence-electron chi connectivity index (χ3n) is 6.79. The SMILES string of the molecule is O=C(NC1CCCC1)C(C1CCCC1)n1c(-c2ccc(Cl)cc2)nc2ccccc21. The van der Waals surface area contributed by atoms with Crippen LogP contribution >= 0.6 is 11.6 Å². The number of halogens is 1. The summed E-state index contributed by atoms with van der Waals surface area (Å²) in [6, 6.07) is 16.0. The van der Waals surface area contributed by atoms with E-state index in [4.69, 9.17) is 16.6 Å². The molecule has 3 aromatic rings. The highest BCUT2D eigenvalue weighted by molar-refractivity contribution is 6.30. The van der Waals surface area contributed by atoms with Crippen LogP contribution in [0.3, 0.4) is 0 Å². The summed E-state index contributed by atoms with van der Waals surface area (Å²) in [5.41, 5.74) is 2.95. The van der Waals surface area contributed by atoms with E-state index >= 15 is 0 Å². The lowest BCUT2D eigenvalue weighted by molar-refractivity contribution is -0.126. The number of carbonyl (C=O) groups excluding carboxylic acids is 1. The lowest BCUT2D eigenvalue weighted by Gasteiger charge is -2.28. The molecule has 0 spiro atoms. The second-order valence-electron chi connectivity index (χ2n) is 8.78. The Morgan fingerprint density at radius 2 is 1.63 bits per heavy atom. The predicted octanol–water partition coefficient (Wildman–Crippen LogP) is 6.15. The Labute approximate surface area is 182 Å². The van der Waals surface area contributed by atoms with Crippen molar-refractivity contribution in [3.63, 3.8) is 0 Å². The highest BCUT2D eigenvalue weighted by atomic mass is 35.5. The Morgan fingerprint density at radius 3 is 2.37 bits per heavy atom. The molecule has 1 unspecified atom stereocenters. The van der Waals surface area contributed by atoms with Crippen molar-refractivity contribution in [2.45, 2.75) is 63.5 Å². The summed E-state index contributed by atoms with van der Waals surface area (Å²) in [5, 5.41) is 4.09. The van der Waals surface area contributed by atoms with E-state index in [9.17, 15) is 4.79 Å². The fourth-order valence-corrected chi connectivity index (χ4v) is 5.43. The maximum Gasteiger partial charge on any atom is 0.243 e. The second kappa shape index (κ2) is 8.43. The number of aromatic nitrogens is 2. The van der Waals surface area contributed by atoms with Crippen LogP contribution in [0.1, 0.15) is 57.4 Å². The van der Waals surface area contributed by atoms with E-state index in [2.05, 4.69) is 16.0 Å². The quantitative estimate of drug-likeness (QED) is 0.537. The van der Waals surface area contributed by atoms with Gasteiger partial charge in [0.25, 0.3) is 0 Å². The molecule has 4 nitrogen and oxygen atoms in total. The highest BCUT2D eigenvalue weighted by Gasteiger charge is 2.36. The van der Waals surface area contributed by atoms with Crippen LogP contribution in [0.5, 0.6) is 0 Å². The molecule has 156 valence electrons. The van der Waals surface area contributed by atoms with Crippen LogP contribution < -0.4 is 5.32 Å². The van der Waals surface area contributed by atoms with E-state index in [0.717, 1.165) is 48.1 Å². The Balaban J connectivity index is 1.63. The third-order valence-corrected chi connectivity index (χ3v) is 7.04. The maximum absolute atomic E-state index is 13.7. The molecule has 0 aliphatic heterocycles. The van der Waals surface area contributed by atoms with Crippen LogP contribution in [0.25, 0.3) is 22.4 Å². The van der Waals surface area contributed by atoms with Crippen molar-refractivity contribution in [3.05, 3.63) is 53.6 Å². The van der Waals surface area contributed by atoms with Gasteiger partial charge in [-0.1, -0.05) is 49.4 Å². The number of rotatable bonds is 5. The third kappa shape index (κ3) is 3.74. The number of carbonyl (C=O) groups is 1. The normalized spacial score (nSPS) is 18.8. The molecule has 1 amide bonds. The molecule has 0 bridgehead atoms. The van der Waals surface area contributed by atoms with Gasteiger partial charge < -0.3 is 9.88 Å². The summed E-state index contributed by atoms with van der Waals surface area (Å²) < 4.78 is 2.21. The number of hydrogen-bond donors (Lipinski definition) is 1. The Hall–Kier alpha value is -2.33. The standard InChI is InChI=1S/C25H28ClN3O/c26-19-15-13-18(14-16-19)24-28-21-11-5-6-12-22(21)29(24)23(17-7-1-2-8-17)25(30)27-20-9-3-4-10-20/h5-6,11-17,20,23H,1-4,7-10H2,(H,27,30). The largest absolute Gasteiger partial charge is 0.352 e. The van der Waals surface area contributed by atoms with E-state index in [1.165, 1.54) is 25.7 Å². The van der Waals surface area contributed by atoms with Crippen molar-refractivity contribution in [1.29, 1.82) is 0 Å². The van der Waals surface area contributed by atoms with Gasteiger partial charge in [-0.3, -0.25) is 4.79 Å². The average Bonchev–Trinajstić information content (AvgIpc) is 3.51. The van der Waals surface area contributed by atoms with Gasteiger partial charge in [0.05, 0.1) is 11.0 Å². The lowest BCUT2D eigenvalue weighted by atomic mass is 9.95. The summed E-state index contributed by atoms with van der Waals surface area (Å²) in [6.07, 6.45) is 9.19. The molecule has 5 rings (SSSR count). The number of fused-ring (bicyclic) bond motifs is 1. The van der Waals surface area contributed by atoms with Gasteiger partial charge >= 0.3 is 0 Å². The van der Waals surface area contributed by atoms with Gasteiger partial charge in [-0.25, -0.2) is 4.98 Å². The monoisotopic (exact) mass is 421 g/mol. The molecule has 2 fully saturated rings. The summed E-state index contributed by atoms with van der Waals surface area (Å²) >= 11 is 6.14. The van der Waals surface area contributed by atoms with Crippen molar-refractivity contribution in [1.82, 2.24) is 14.9 Å². The van der Waals surface area contributed by atoms with Gasteiger partial charge in [0, 0.05) is 16.6 Å². The topological polar surface area (TPSA) is 46.9 Å². The zero-order valence-corrected chi connectivity index (χ0v) is 17.9. The summed E-state index contributed by atoms with van der Waals surface area (Å²) in [4.78, 5) is 18.6. The molecule has 1 heterocycles. The van der Waals surface area contributed by atoms with Gasteiger partial charge in [-0.15, -0.1) is 0 Å². The highest BCUT2D eigenvalue weighted by Crippen LogP contribution is 2.39. The van der Waals surface area contributed by atoms with Gasteiger partial charge in [-0.2, -0.15) is 0 Å². The zero-order valence-electron chi connectivity index (χ0n) is 17.2. The number of hydrogen-bond acceptors (Lipinski definition) is 2. The first-order valence-corrected chi connectivity index (χ1v) is 11.6. The Bertz CT molecular complexity index is 1030. The Kier molecular flexibility index (Phi) is 5.51. The molecule has 1 N–H and O–H groups in total. The first-order valence-electron chi connectivity index (χ1n) is 11.2. The van der Waals surface area contributed by atoms with Crippen molar-refractivity contribution < 1.29 is 4.79 Å².